The number of carboxylic acid groups (broad SMARTS) is 1. The van der Waals surface area contributed by atoms with Gasteiger partial charge in [-0.3, -0.25) is 5.10 Å². The Kier molecular flexibility index (Phi) is 4.16. The zero-order valence-corrected chi connectivity index (χ0v) is 11.2. The number of aromatic carboxylic acids is 1. The Hall–Kier alpha value is -2.19. The monoisotopic (exact) mass is 295 g/mol. The van der Waals surface area contributed by atoms with Crippen LogP contribution in [-0.4, -0.2) is 36.2 Å². The number of sulfonamides is 1. The van der Waals surface area contributed by atoms with E-state index < -0.39 is 16.0 Å². The van der Waals surface area contributed by atoms with Gasteiger partial charge in [-0.2, -0.15) is 5.10 Å². The minimum Gasteiger partial charge on any atom is -0.478 e. The number of H-pyrrole nitrogens is 1. The number of hydrogen-bond donors (Lipinski definition) is 3. The minimum atomic E-state index is -3.57. The van der Waals surface area contributed by atoms with E-state index in [9.17, 15) is 13.2 Å². The number of aromatic nitrogens is 2. The molecule has 0 fully saturated rings. The molecule has 2 aromatic rings. The molecule has 3 N–H and O–H groups in total. The maximum atomic E-state index is 11.8. The van der Waals surface area contributed by atoms with Gasteiger partial charge in [0, 0.05) is 12.7 Å². The fraction of sp³-hybridized carbons (Fsp3) is 0.167. The van der Waals surface area contributed by atoms with Crippen LogP contribution >= 0.6 is 0 Å². The molecule has 0 unspecified atom stereocenters. The second kappa shape index (κ2) is 5.85. The lowest BCUT2D eigenvalue weighted by Crippen LogP contribution is -2.25. The maximum absolute atomic E-state index is 11.8. The Balaban J connectivity index is 1.97. The van der Waals surface area contributed by atoms with Crippen molar-refractivity contribution in [1.29, 1.82) is 0 Å². The molecule has 0 atom stereocenters. The number of carboxylic acids is 1. The first kappa shape index (κ1) is 14.2. The minimum absolute atomic E-state index is 0.0665. The molecule has 1 aromatic heterocycles. The Bertz CT molecular complexity index is 695. The number of nitrogens with one attached hydrogen (secondary N) is 2. The quantitative estimate of drug-likeness (QED) is 0.723. The van der Waals surface area contributed by atoms with Crippen LogP contribution in [0.4, 0.5) is 0 Å². The van der Waals surface area contributed by atoms with E-state index in [0.717, 1.165) is 5.56 Å². The fourth-order valence-corrected chi connectivity index (χ4v) is 2.60. The van der Waals surface area contributed by atoms with Gasteiger partial charge in [0.1, 0.15) is 4.90 Å². The normalized spacial score (nSPS) is 11.4. The van der Waals surface area contributed by atoms with E-state index in [1.54, 1.807) is 12.1 Å². The van der Waals surface area contributed by atoms with Crippen LogP contribution in [0.3, 0.4) is 0 Å². The van der Waals surface area contributed by atoms with Crippen LogP contribution in [0.2, 0.25) is 0 Å². The van der Waals surface area contributed by atoms with Gasteiger partial charge in [-0.25, -0.2) is 17.9 Å². The average Bonchev–Trinajstić information content (AvgIpc) is 2.93. The van der Waals surface area contributed by atoms with Crippen LogP contribution in [0, 0.1) is 0 Å². The molecule has 8 heteroatoms. The topological polar surface area (TPSA) is 112 Å². The second-order valence-corrected chi connectivity index (χ2v) is 5.85. The summed E-state index contributed by atoms with van der Waals surface area (Å²) in [6, 6.07) is 6.39. The smallest absolute Gasteiger partial charge is 0.335 e. The predicted octanol–water partition coefficient (Wildman–Crippen LogP) is 0.629. The molecule has 0 saturated heterocycles. The van der Waals surface area contributed by atoms with Gasteiger partial charge in [-0.15, -0.1) is 0 Å². The molecule has 1 heterocycles. The summed E-state index contributed by atoms with van der Waals surface area (Å²) in [5, 5.41) is 14.9. The number of rotatable bonds is 6. The van der Waals surface area contributed by atoms with Gasteiger partial charge in [0.2, 0.25) is 10.0 Å². The summed E-state index contributed by atoms with van der Waals surface area (Å²) in [7, 11) is -3.57. The number of carbonyl (C=O) groups is 1. The first-order valence-corrected chi connectivity index (χ1v) is 7.28. The number of aromatic amines is 1. The van der Waals surface area contributed by atoms with Crippen LogP contribution in [0.5, 0.6) is 0 Å². The Morgan fingerprint density at radius 2 is 2.20 bits per heavy atom. The van der Waals surface area contributed by atoms with E-state index in [-0.39, 0.29) is 17.0 Å². The zero-order chi connectivity index (χ0) is 14.6. The van der Waals surface area contributed by atoms with Crippen molar-refractivity contribution in [1.82, 2.24) is 14.9 Å². The van der Waals surface area contributed by atoms with E-state index in [1.807, 2.05) is 0 Å². The SMILES string of the molecule is O=C(O)c1cccc(CCNS(=O)(=O)c2cn[nH]c2)c1. The average molecular weight is 295 g/mol. The Morgan fingerprint density at radius 3 is 2.85 bits per heavy atom. The lowest BCUT2D eigenvalue weighted by molar-refractivity contribution is 0.0696. The summed E-state index contributed by atoms with van der Waals surface area (Å²) >= 11 is 0. The molecule has 0 saturated carbocycles. The second-order valence-electron chi connectivity index (χ2n) is 4.09. The van der Waals surface area contributed by atoms with Crippen LogP contribution < -0.4 is 4.72 Å². The van der Waals surface area contributed by atoms with Crippen molar-refractivity contribution in [3.05, 3.63) is 47.8 Å². The van der Waals surface area contributed by atoms with Crippen molar-refractivity contribution >= 4 is 16.0 Å². The van der Waals surface area contributed by atoms with E-state index in [1.165, 1.54) is 24.5 Å². The molecule has 7 nitrogen and oxygen atoms in total. The molecular formula is C12H13N3O4S. The van der Waals surface area contributed by atoms with E-state index >= 15 is 0 Å². The highest BCUT2D eigenvalue weighted by molar-refractivity contribution is 7.89. The predicted molar refractivity (Wildman–Crippen MR) is 70.9 cm³/mol. The van der Waals surface area contributed by atoms with Crippen molar-refractivity contribution in [3.63, 3.8) is 0 Å². The molecule has 106 valence electrons. The number of benzene rings is 1. The van der Waals surface area contributed by atoms with Gasteiger partial charge in [0.15, 0.2) is 0 Å². The maximum Gasteiger partial charge on any atom is 0.335 e. The van der Waals surface area contributed by atoms with Crippen molar-refractivity contribution < 1.29 is 18.3 Å². The summed E-state index contributed by atoms with van der Waals surface area (Å²) in [6.07, 6.45) is 2.90. The molecule has 1 aromatic carbocycles. The molecular weight excluding hydrogens is 282 g/mol. The highest BCUT2D eigenvalue weighted by Gasteiger charge is 2.14. The number of nitrogens with zero attached hydrogens (tertiary/aromatic N) is 1. The standard InChI is InChI=1S/C12H13N3O4S/c16-12(17)10-3-1-2-9(6-10)4-5-15-20(18,19)11-7-13-14-8-11/h1-3,6-8,15H,4-5H2,(H,13,14)(H,16,17). The van der Waals surface area contributed by atoms with Gasteiger partial charge >= 0.3 is 5.97 Å². The summed E-state index contributed by atoms with van der Waals surface area (Å²) in [6.45, 7) is 0.177. The van der Waals surface area contributed by atoms with E-state index in [0.29, 0.717) is 6.42 Å². The summed E-state index contributed by atoms with van der Waals surface area (Å²) < 4.78 is 26.0. The molecule has 0 aliphatic carbocycles. The summed E-state index contributed by atoms with van der Waals surface area (Å²) in [4.78, 5) is 10.9. The highest BCUT2D eigenvalue weighted by Crippen LogP contribution is 2.07. The third-order valence-electron chi connectivity index (χ3n) is 2.66. The molecule has 0 radical (unpaired) electrons. The summed E-state index contributed by atoms with van der Waals surface area (Å²) in [5.41, 5.74) is 0.931. The van der Waals surface area contributed by atoms with Gasteiger partial charge in [-0.1, -0.05) is 12.1 Å². The van der Waals surface area contributed by atoms with Gasteiger partial charge in [0.05, 0.1) is 11.8 Å². The summed E-state index contributed by atoms with van der Waals surface area (Å²) in [5.74, 6) is -1.01. The van der Waals surface area contributed by atoms with Crippen LogP contribution in [0.25, 0.3) is 0 Å². The fourth-order valence-electron chi connectivity index (χ4n) is 1.66. The Labute approximate surface area is 115 Å². The number of hydrogen-bond acceptors (Lipinski definition) is 4. The van der Waals surface area contributed by atoms with Crippen molar-refractivity contribution in [2.45, 2.75) is 11.3 Å². The van der Waals surface area contributed by atoms with Crippen LogP contribution in [-0.2, 0) is 16.4 Å². The molecule has 20 heavy (non-hydrogen) atoms. The van der Waals surface area contributed by atoms with Gasteiger partial charge < -0.3 is 5.11 Å². The zero-order valence-electron chi connectivity index (χ0n) is 10.4. The van der Waals surface area contributed by atoms with Crippen molar-refractivity contribution in [2.75, 3.05) is 6.54 Å². The van der Waals surface area contributed by atoms with Gasteiger partial charge in [-0.05, 0) is 24.1 Å². The van der Waals surface area contributed by atoms with Crippen molar-refractivity contribution in [2.24, 2.45) is 0 Å². The largest absolute Gasteiger partial charge is 0.478 e. The molecule has 2 rings (SSSR count). The first-order valence-electron chi connectivity index (χ1n) is 5.80. The lowest BCUT2D eigenvalue weighted by Gasteiger charge is -2.05. The van der Waals surface area contributed by atoms with Crippen LogP contribution in [0.15, 0.2) is 41.6 Å². The molecule has 0 bridgehead atoms. The van der Waals surface area contributed by atoms with Crippen LogP contribution in [0.1, 0.15) is 15.9 Å². The lowest BCUT2D eigenvalue weighted by atomic mass is 10.1. The van der Waals surface area contributed by atoms with E-state index in [4.69, 9.17) is 5.11 Å². The Morgan fingerprint density at radius 1 is 1.40 bits per heavy atom. The molecule has 0 amide bonds. The third kappa shape index (κ3) is 3.43. The molecule has 0 aliphatic rings. The highest BCUT2D eigenvalue weighted by atomic mass is 32.2. The van der Waals surface area contributed by atoms with Crippen molar-refractivity contribution in [3.8, 4) is 0 Å². The first-order chi connectivity index (χ1) is 9.49. The van der Waals surface area contributed by atoms with E-state index in [2.05, 4.69) is 14.9 Å². The third-order valence-corrected chi connectivity index (χ3v) is 4.09. The van der Waals surface area contributed by atoms with Gasteiger partial charge in [0.25, 0.3) is 0 Å². The molecule has 0 aliphatic heterocycles. The molecule has 0 spiro atoms.